The number of benzene rings is 1. The average molecular weight is 284 g/mol. The van der Waals surface area contributed by atoms with E-state index in [1.807, 2.05) is 6.07 Å². The van der Waals surface area contributed by atoms with Gasteiger partial charge in [-0.15, -0.1) is 0 Å². The monoisotopic (exact) mass is 283 g/mol. The second-order valence-electron chi connectivity index (χ2n) is 4.28. The molecule has 1 aromatic carbocycles. The van der Waals surface area contributed by atoms with Crippen LogP contribution in [0.5, 0.6) is 0 Å². The molecule has 1 unspecified atom stereocenters. The molecule has 1 atom stereocenters. The van der Waals surface area contributed by atoms with Crippen LogP contribution in [-0.2, 0) is 0 Å². The van der Waals surface area contributed by atoms with Crippen LogP contribution in [0.25, 0.3) is 0 Å². The third kappa shape index (κ3) is 4.56. The summed E-state index contributed by atoms with van der Waals surface area (Å²) in [7, 11) is 0. The largest absolute Gasteiger partial charge is 0.384 e. The predicted octanol–water partition coefficient (Wildman–Crippen LogP) is 5.08. The van der Waals surface area contributed by atoms with Crippen molar-refractivity contribution in [3.63, 3.8) is 0 Å². The van der Waals surface area contributed by atoms with E-state index in [1.165, 1.54) is 31.4 Å². The minimum atomic E-state index is 0.798. The number of anilines is 1. The van der Waals surface area contributed by atoms with Crippen molar-refractivity contribution < 1.29 is 0 Å². The fourth-order valence-corrected chi connectivity index (χ4v) is 2.23. The molecule has 16 heavy (non-hydrogen) atoms. The smallest absolute Gasteiger partial charge is 0.0484 e. The Morgan fingerprint density at radius 2 is 2.00 bits per heavy atom. The highest BCUT2D eigenvalue weighted by Crippen LogP contribution is 2.22. The quantitative estimate of drug-likeness (QED) is 0.736. The summed E-state index contributed by atoms with van der Waals surface area (Å²) in [6, 6.07) is 8.32. The zero-order chi connectivity index (χ0) is 11.8. The van der Waals surface area contributed by atoms with Gasteiger partial charge in [-0.2, -0.15) is 0 Å². The lowest BCUT2D eigenvalue weighted by molar-refractivity contribution is 0.473. The van der Waals surface area contributed by atoms with Crippen molar-refractivity contribution in [3.05, 3.63) is 28.7 Å². The van der Waals surface area contributed by atoms with Gasteiger partial charge >= 0.3 is 0 Å². The van der Waals surface area contributed by atoms with Gasteiger partial charge in [-0.25, -0.2) is 0 Å². The first-order valence-corrected chi connectivity index (χ1v) is 7.05. The summed E-state index contributed by atoms with van der Waals surface area (Å²) >= 11 is 3.56. The number of nitrogens with one attached hydrogen (secondary N) is 1. The lowest BCUT2D eigenvalue weighted by Gasteiger charge is -2.16. The van der Waals surface area contributed by atoms with Gasteiger partial charge in [0.05, 0.1) is 0 Å². The van der Waals surface area contributed by atoms with Crippen molar-refractivity contribution in [1.82, 2.24) is 0 Å². The first kappa shape index (κ1) is 13.6. The Labute approximate surface area is 108 Å². The van der Waals surface area contributed by atoms with E-state index in [2.05, 4.69) is 53.3 Å². The van der Waals surface area contributed by atoms with Gasteiger partial charge in [-0.1, -0.05) is 45.2 Å². The van der Waals surface area contributed by atoms with Crippen molar-refractivity contribution in [2.45, 2.75) is 39.5 Å². The highest BCUT2D eigenvalue weighted by atomic mass is 79.9. The summed E-state index contributed by atoms with van der Waals surface area (Å²) in [5.74, 6) is 0.798. The van der Waals surface area contributed by atoms with Crippen molar-refractivity contribution in [2.75, 3.05) is 11.9 Å². The lowest BCUT2D eigenvalue weighted by Crippen LogP contribution is -2.13. The normalized spacial score (nSPS) is 12.4. The maximum Gasteiger partial charge on any atom is 0.0484 e. The molecule has 0 spiro atoms. The van der Waals surface area contributed by atoms with Crippen LogP contribution < -0.4 is 5.32 Å². The number of unbranched alkanes of at least 4 members (excludes halogenated alkanes) is 1. The second kappa shape index (κ2) is 7.72. The Hall–Kier alpha value is -0.500. The number of hydrogen-bond acceptors (Lipinski definition) is 1. The molecule has 1 aromatic rings. The minimum Gasteiger partial charge on any atom is -0.384 e. The van der Waals surface area contributed by atoms with E-state index in [-0.39, 0.29) is 0 Å². The highest BCUT2D eigenvalue weighted by molar-refractivity contribution is 9.10. The minimum absolute atomic E-state index is 0.798. The molecule has 0 fully saturated rings. The van der Waals surface area contributed by atoms with Crippen molar-refractivity contribution >= 4 is 21.6 Å². The predicted molar refractivity (Wildman–Crippen MR) is 75.9 cm³/mol. The molecule has 0 aliphatic heterocycles. The summed E-state index contributed by atoms with van der Waals surface area (Å²) < 4.78 is 1.15. The van der Waals surface area contributed by atoms with Gasteiger partial charge in [0.2, 0.25) is 0 Å². The zero-order valence-corrected chi connectivity index (χ0v) is 11.9. The van der Waals surface area contributed by atoms with Gasteiger partial charge in [0.25, 0.3) is 0 Å². The molecule has 0 radical (unpaired) electrons. The van der Waals surface area contributed by atoms with Crippen LogP contribution in [0, 0.1) is 5.92 Å². The van der Waals surface area contributed by atoms with Gasteiger partial charge in [0.15, 0.2) is 0 Å². The molecule has 0 aromatic heterocycles. The number of halogens is 1. The molecule has 0 bridgehead atoms. The van der Waals surface area contributed by atoms with Gasteiger partial charge in [0, 0.05) is 16.7 Å². The van der Waals surface area contributed by atoms with E-state index in [4.69, 9.17) is 0 Å². The summed E-state index contributed by atoms with van der Waals surface area (Å²) in [5, 5.41) is 3.53. The Balaban J connectivity index is 2.40. The van der Waals surface area contributed by atoms with Crippen LogP contribution in [0.2, 0.25) is 0 Å². The number of para-hydroxylation sites is 1. The van der Waals surface area contributed by atoms with E-state index in [0.29, 0.717) is 0 Å². The first-order valence-electron chi connectivity index (χ1n) is 6.26. The molecule has 1 N–H and O–H groups in total. The molecular formula is C14H22BrN. The molecular weight excluding hydrogens is 262 g/mol. The van der Waals surface area contributed by atoms with Gasteiger partial charge < -0.3 is 5.32 Å². The Morgan fingerprint density at radius 1 is 1.25 bits per heavy atom. The number of rotatable bonds is 7. The molecule has 1 nitrogen and oxygen atoms in total. The maximum absolute atomic E-state index is 3.56. The van der Waals surface area contributed by atoms with Crippen LogP contribution >= 0.6 is 15.9 Å². The van der Waals surface area contributed by atoms with Crippen LogP contribution in [0.1, 0.15) is 39.5 Å². The zero-order valence-electron chi connectivity index (χ0n) is 10.3. The van der Waals surface area contributed by atoms with E-state index >= 15 is 0 Å². The van der Waals surface area contributed by atoms with Crippen LogP contribution in [0.3, 0.4) is 0 Å². The summed E-state index contributed by atoms with van der Waals surface area (Å²) in [4.78, 5) is 0. The lowest BCUT2D eigenvalue weighted by atomic mass is 9.99. The van der Waals surface area contributed by atoms with Crippen LogP contribution in [0.15, 0.2) is 28.7 Å². The molecule has 0 amide bonds. The molecule has 2 heteroatoms. The van der Waals surface area contributed by atoms with Gasteiger partial charge in [-0.05, 0) is 40.4 Å². The molecule has 0 saturated heterocycles. The molecule has 0 saturated carbocycles. The molecule has 0 aliphatic carbocycles. The molecule has 0 aliphatic rings. The van der Waals surface area contributed by atoms with Gasteiger partial charge in [0.1, 0.15) is 0 Å². The summed E-state index contributed by atoms with van der Waals surface area (Å²) in [6.45, 7) is 5.62. The van der Waals surface area contributed by atoms with E-state index in [9.17, 15) is 0 Å². The maximum atomic E-state index is 3.56. The van der Waals surface area contributed by atoms with Crippen molar-refractivity contribution in [3.8, 4) is 0 Å². The standard InChI is InChI=1S/C14H22BrN/c1-3-5-8-12(4-2)11-16-14-10-7-6-9-13(14)15/h6-7,9-10,12,16H,3-5,8,11H2,1-2H3. The molecule has 0 heterocycles. The third-order valence-electron chi connectivity index (χ3n) is 3.00. The summed E-state index contributed by atoms with van der Waals surface area (Å²) in [5.41, 5.74) is 1.21. The Bertz CT molecular complexity index is 299. The highest BCUT2D eigenvalue weighted by Gasteiger charge is 2.06. The van der Waals surface area contributed by atoms with Crippen molar-refractivity contribution in [2.24, 2.45) is 5.92 Å². The fraction of sp³-hybridized carbons (Fsp3) is 0.571. The second-order valence-corrected chi connectivity index (χ2v) is 5.13. The van der Waals surface area contributed by atoms with E-state index < -0.39 is 0 Å². The van der Waals surface area contributed by atoms with Gasteiger partial charge in [-0.3, -0.25) is 0 Å². The van der Waals surface area contributed by atoms with E-state index in [1.54, 1.807) is 0 Å². The fourth-order valence-electron chi connectivity index (χ4n) is 1.80. The molecule has 90 valence electrons. The average Bonchev–Trinajstić information content (AvgIpc) is 2.31. The Morgan fingerprint density at radius 3 is 2.62 bits per heavy atom. The van der Waals surface area contributed by atoms with Crippen LogP contribution in [0.4, 0.5) is 5.69 Å². The van der Waals surface area contributed by atoms with Crippen molar-refractivity contribution in [1.29, 1.82) is 0 Å². The van der Waals surface area contributed by atoms with E-state index in [0.717, 1.165) is 16.9 Å². The molecule has 1 rings (SSSR count). The summed E-state index contributed by atoms with van der Waals surface area (Å²) in [6.07, 6.45) is 5.24. The third-order valence-corrected chi connectivity index (χ3v) is 3.69. The Kier molecular flexibility index (Phi) is 6.55. The first-order chi connectivity index (χ1) is 7.77. The van der Waals surface area contributed by atoms with Crippen LogP contribution in [-0.4, -0.2) is 6.54 Å². The number of hydrogen-bond donors (Lipinski definition) is 1. The topological polar surface area (TPSA) is 12.0 Å². The SMILES string of the molecule is CCCCC(CC)CNc1ccccc1Br.